The average molecular weight is 214 g/mol. The van der Waals surface area contributed by atoms with E-state index >= 15 is 0 Å². The monoisotopic (exact) mass is 213 g/mol. The van der Waals surface area contributed by atoms with Gasteiger partial charge in [0.15, 0.2) is 0 Å². The number of rotatable bonds is 5. The second-order valence-electron chi connectivity index (χ2n) is 3.96. The van der Waals surface area contributed by atoms with Crippen LogP contribution in [0.3, 0.4) is 0 Å². The van der Waals surface area contributed by atoms with Crippen molar-refractivity contribution in [1.29, 1.82) is 0 Å². The Bertz CT molecular complexity index is 304. The van der Waals surface area contributed by atoms with Crippen LogP contribution >= 0.6 is 11.6 Å². The van der Waals surface area contributed by atoms with Gasteiger partial charge in [0, 0.05) is 12.5 Å². The van der Waals surface area contributed by atoms with Crippen molar-refractivity contribution >= 4 is 11.6 Å². The predicted molar refractivity (Wildman–Crippen MR) is 56.5 cm³/mol. The molecule has 0 aliphatic heterocycles. The lowest BCUT2D eigenvalue weighted by molar-refractivity contribution is 0.581. The highest BCUT2D eigenvalue weighted by Gasteiger charge is 2.29. The third-order valence-corrected chi connectivity index (χ3v) is 2.94. The topological polar surface area (TPSA) is 30.7 Å². The number of hydrogen-bond donors (Lipinski definition) is 0. The van der Waals surface area contributed by atoms with E-state index in [1.807, 2.05) is 0 Å². The maximum absolute atomic E-state index is 5.99. The van der Waals surface area contributed by atoms with Gasteiger partial charge in [0.1, 0.15) is 5.82 Å². The van der Waals surface area contributed by atoms with E-state index in [0.29, 0.717) is 11.2 Å². The first kappa shape index (κ1) is 9.97. The molecule has 0 spiro atoms. The Hall–Kier alpha value is -0.570. The summed E-state index contributed by atoms with van der Waals surface area (Å²) in [6.45, 7) is 3.18. The van der Waals surface area contributed by atoms with Gasteiger partial charge in [0.2, 0.25) is 5.28 Å². The minimum absolute atomic E-state index is 0.558. The smallest absolute Gasteiger partial charge is 0.225 e. The van der Waals surface area contributed by atoms with Crippen LogP contribution in [0.4, 0.5) is 0 Å². The summed E-state index contributed by atoms with van der Waals surface area (Å²) in [7, 11) is 0. The molecule has 1 aliphatic rings. The van der Waals surface area contributed by atoms with E-state index < -0.39 is 0 Å². The summed E-state index contributed by atoms with van der Waals surface area (Å²) >= 11 is 5.99. The third-order valence-electron chi connectivity index (χ3n) is 2.66. The molecule has 1 fully saturated rings. The minimum atomic E-state index is 0.558. The van der Waals surface area contributed by atoms with Crippen molar-refractivity contribution in [2.75, 3.05) is 0 Å². The molecule has 3 nitrogen and oxygen atoms in total. The lowest BCUT2D eigenvalue weighted by Gasteiger charge is -2.05. The molecule has 1 aromatic heterocycles. The molecule has 0 aromatic carbocycles. The van der Waals surface area contributed by atoms with Gasteiger partial charge in [-0.2, -0.15) is 0 Å². The third kappa shape index (κ3) is 2.08. The number of nitrogens with zero attached hydrogens (tertiary/aromatic N) is 3. The molecule has 0 N–H and O–H groups in total. The van der Waals surface area contributed by atoms with E-state index in [4.69, 9.17) is 11.6 Å². The lowest BCUT2D eigenvalue weighted by atomic mass is 10.2. The first-order chi connectivity index (χ1) is 6.83. The molecule has 1 heterocycles. The molecule has 2 rings (SSSR count). The van der Waals surface area contributed by atoms with Gasteiger partial charge in [-0.05, 0) is 30.9 Å². The molecule has 78 valence electrons. The van der Waals surface area contributed by atoms with Gasteiger partial charge in [0.25, 0.3) is 0 Å². The van der Waals surface area contributed by atoms with Gasteiger partial charge in [-0.25, -0.2) is 0 Å². The minimum Gasteiger partial charge on any atom is -0.302 e. The summed E-state index contributed by atoms with van der Waals surface area (Å²) in [6, 6.07) is 0. The Morgan fingerprint density at radius 1 is 1.36 bits per heavy atom. The van der Waals surface area contributed by atoms with Crippen molar-refractivity contribution in [3.63, 3.8) is 0 Å². The van der Waals surface area contributed by atoms with Gasteiger partial charge in [-0.15, -0.1) is 10.2 Å². The maximum Gasteiger partial charge on any atom is 0.225 e. The second-order valence-corrected chi connectivity index (χ2v) is 4.30. The highest BCUT2D eigenvalue weighted by molar-refractivity contribution is 6.28. The van der Waals surface area contributed by atoms with E-state index in [1.165, 1.54) is 32.1 Å². The lowest BCUT2D eigenvalue weighted by Crippen LogP contribution is -2.03. The SMILES string of the molecule is CCCCCn1c(Cl)nnc1C1CC1. The molecule has 1 saturated carbocycles. The van der Waals surface area contributed by atoms with E-state index in [0.717, 1.165) is 12.4 Å². The molecule has 0 atom stereocenters. The first-order valence-corrected chi connectivity index (χ1v) is 5.79. The second kappa shape index (κ2) is 4.30. The molecule has 0 radical (unpaired) electrons. The molecule has 0 saturated heterocycles. The fraction of sp³-hybridized carbons (Fsp3) is 0.800. The largest absolute Gasteiger partial charge is 0.302 e. The van der Waals surface area contributed by atoms with Gasteiger partial charge in [-0.3, -0.25) is 0 Å². The van der Waals surface area contributed by atoms with Gasteiger partial charge < -0.3 is 4.57 Å². The Labute approximate surface area is 89.5 Å². The summed E-state index contributed by atoms with van der Waals surface area (Å²) in [5.41, 5.74) is 0. The van der Waals surface area contributed by atoms with Crippen molar-refractivity contribution in [3.05, 3.63) is 11.1 Å². The maximum atomic E-state index is 5.99. The van der Waals surface area contributed by atoms with Crippen LogP contribution in [0.15, 0.2) is 0 Å². The summed E-state index contributed by atoms with van der Waals surface area (Å²) < 4.78 is 2.08. The Kier molecular flexibility index (Phi) is 3.06. The van der Waals surface area contributed by atoms with Crippen molar-refractivity contribution in [3.8, 4) is 0 Å². The Balaban J connectivity index is 2.02. The number of aromatic nitrogens is 3. The molecule has 4 heteroatoms. The van der Waals surface area contributed by atoms with Gasteiger partial charge >= 0.3 is 0 Å². The number of unbranched alkanes of at least 4 members (excludes halogenated alkanes) is 2. The normalized spacial score (nSPS) is 16.1. The summed E-state index contributed by atoms with van der Waals surface area (Å²) in [5, 5.41) is 8.63. The standard InChI is InChI=1S/C10H16ClN3/c1-2-3-4-7-14-9(8-5-6-8)12-13-10(14)11/h8H,2-7H2,1H3. The van der Waals surface area contributed by atoms with Gasteiger partial charge in [0.05, 0.1) is 0 Å². The van der Waals surface area contributed by atoms with Crippen molar-refractivity contribution in [2.45, 2.75) is 51.5 Å². The number of halogens is 1. The molecule has 0 bridgehead atoms. The molecular formula is C10H16ClN3. The number of hydrogen-bond acceptors (Lipinski definition) is 2. The van der Waals surface area contributed by atoms with Crippen molar-refractivity contribution in [1.82, 2.24) is 14.8 Å². The van der Waals surface area contributed by atoms with E-state index in [2.05, 4.69) is 21.7 Å². The van der Waals surface area contributed by atoms with Crippen LogP contribution < -0.4 is 0 Å². The molecule has 14 heavy (non-hydrogen) atoms. The van der Waals surface area contributed by atoms with Crippen LogP contribution in [-0.4, -0.2) is 14.8 Å². The zero-order chi connectivity index (χ0) is 9.97. The molecule has 0 amide bonds. The zero-order valence-electron chi connectivity index (χ0n) is 8.54. The predicted octanol–water partition coefficient (Wildman–Crippen LogP) is 3.00. The highest BCUT2D eigenvalue weighted by atomic mass is 35.5. The molecule has 0 unspecified atom stereocenters. The highest BCUT2D eigenvalue weighted by Crippen LogP contribution is 2.39. The first-order valence-electron chi connectivity index (χ1n) is 5.41. The Morgan fingerprint density at radius 3 is 2.79 bits per heavy atom. The Morgan fingerprint density at radius 2 is 2.14 bits per heavy atom. The van der Waals surface area contributed by atoms with E-state index in [9.17, 15) is 0 Å². The summed E-state index contributed by atoms with van der Waals surface area (Å²) in [4.78, 5) is 0. The summed E-state index contributed by atoms with van der Waals surface area (Å²) in [6.07, 6.45) is 6.16. The fourth-order valence-electron chi connectivity index (χ4n) is 1.67. The quantitative estimate of drug-likeness (QED) is 0.704. The molecule has 1 aromatic rings. The summed E-state index contributed by atoms with van der Waals surface area (Å²) in [5.74, 6) is 1.74. The zero-order valence-corrected chi connectivity index (χ0v) is 9.30. The van der Waals surface area contributed by atoms with E-state index in [-0.39, 0.29) is 0 Å². The molecular weight excluding hydrogens is 198 g/mol. The van der Waals surface area contributed by atoms with Crippen molar-refractivity contribution < 1.29 is 0 Å². The fourth-order valence-corrected chi connectivity index (χ4v) is 1.87. The van der Waals surface area contributed by atoms with Crippen LogP contribution in [0.2, 0.25) is 5.28 Å². The van der Waals surface area contributed by atoms with Crippen molar-refractivity contribution in [2.24, 2.45) is 0 Å². The van der Waals surface area contributed by atoms with Crippen LogP contribution in [0.5, 0.6) is 0 Å². The van der Waals surface area contributed by atoms with Crippen LogP contribution in [-0.2, 0) is 6.54 Å². The van der Waals surface area contributed by atoms with E-state index in [1.54, 1.807) is 0 Å². The van der Waals surface area contributed by atoms with Crippen LogP contribution in [0.25, 0.3) is 0 Å². The van der Waals surface area contributed by atoms with Crippen LogP contribution in [0, 0.1) is 0 Å². The van der Waals surface area contributed by atoms with Gasteiger partial charge in [-0.1, -0.05) is 19.8 Å². The van der Waals surface area contributed by atoms with Crippen LogP contribution in [0.1, 0.15) is 50.8 Å². The molecule has 1 aliphatic carbocycles. The average Bonchev–Trinajstić information content (AvgIpc) is 2.95.